The fourth-order valence-corrected chi connectivity index (χ4v) is 4.43. The van der Waals surface area contributed by atoms with Gasteiger partial charge in [0.15, 0.2) is 5.13 Å². The first-order valence-corrected chi connectivity index (χ1v) is 11.3. The number of rotatable bonds is 6. The Bertz CT molecular complexity index is 1310. The van der Waals surface area contributed by atoms with Crippen molar-refractivity contribution in [2.45, 2.75) is 0 Å². The molecule has 4 aromatic carbocycles. The van der Waals surface area contributed by atoms with Crippen molar-refractivity contribution in [3.05, 3.63) is 121 Å². The van der Waals surface area contributed by atoms with Crippen LogP contribution in [0.15, 0.2) is 115 Å². The second-order valence-corrected chi connectivity index (χ2v) is 8.32. The van der Waals surface area contributed by atoms with E-state index in [0.717, 1.165) is 27.4 Å². The Balaban J connectivity index is 1.42. The van der Waals surface area contributed by atoms with Crippen LogP contribution in [-0.2, 0) is 0 Å². The van der Waals surface area contributed by atoms with Crippen molar-refractivity contribution in [3.63, 3.8) is 0 Å². The molecule has 0 aliphatic heterocycles. The molecule has 0 unspecified atom stereocenters. The van der Waals surface area contributed by atoms with E-state index in [-0.39, 0.29) is 5.91 Å². The van der Waals surface area contributed by atoms with Crippen molar-refractivity contribution in [3.8, 4) is 33.2 Å². The molecule has 33 heavy (non-hydrogen) atoms. The highest BCUT2D eigenvalue weighted by Crippen LogP contribution is 2.39. The van der Waals surface area contributed by atoms with Gasteiger partial charge in [-0.1, -0.05) is 96.3 Å². The number of nitrogens with one attached hydrogen (secondary N) is 1. The van der Waals surface area contributed by atoms with Crippen molar-refractivity contribution < 1.29 is 9.53 Å². The number of para-hydroxylation sites is 1. The first-order chi connectivity index (χ1) is 16.3. The second-order valence-electron chi connectivity index (χ2n) is 7.33. The monoisotopic (exact) mass is 448 g/mol. The highest BCUT2D eigenvalue weighted by atomic mass is 32.1. The largest absolute Gasteiger partial charge is 0.457 e. The maximum Gasteiger partial charge on any atom is 0.257 e. The Hall–Kier alpha value is -4.22. The van der Waals surface area contributed by atoms with Crippen LogP contribution in [0.1, 0.15) is 10.4 Å². The van der Waals surface area contributed by atoms with Crippen LogP contribution in [0.4, 0.5) is 5.13 Å². The number of hydrogen-bond donors (Lipinski definition) is 1. The summed E-state index contributed by atoms with van der Waals surface area (Å²) in [5.41, 5.74) is 3.42. The quantitative estimate of drug-likeness (QED) is 0.292. The number of anilines is 1. The Labute approximate surface area is 196 Å². The van der Waals surface area contributed by atoms with Gasteiger partial charge in [0.25, 0.3) is 5.91 Å². The summed E-state index contributed by atoms with van der Waals surface area (Å²) < 4.78 is 5.87. The first-order valence-electron chi connectivity index (χ1n) is 10.5. The average Bonchev–Trinajstić information content (AvgIpc) is 3.30. The van der Waals surface area contributed by atoms with Gasteiger partial charge < -0.3 is 4.74 Å². The molecule has 0 aliphatic rings. The van der Waals surface area contributed by atoms with E-state index in [4.69, 9.17) is 9.72 Å². The van der Waals surface area contributed by atoms with Gasteiger partial charge in [-0.05, 0) is 35.9 Å². The lowest BCUT2D eigenvalue weighted by Crippen LogP contribution is -2.11. The molecule has 0 saturated carbocycles. The Morgan fingerprint density at radius 3 is 2.00 bits per heavy atom. The van der Waals surface area contributed by atoms with Gasteiger partial charge in [0.05, 0.1) is 10.6 Å². The lowest BCUT2D eigenvalue weighted by atomic mass is 10.1. The third kappa shape index (κ3) is 4.84. The number of amides is 1. The normalized spacial score (nSPS) is 10.5. The molecule has 0 atom stereocenters. The summed E-state index contributed by atoms with van der Waals surface area (Å²) in [5.74, 6) is 1.08. The molecule has 1 heterocycles. The Morgan fingerprint density at radius 2 is 1.30 bits per heavy atom. The van der Waals surface area contributed by atoms with Crippen LogP contribution in [0.5, 0.6) is 11.5 Å². The molecule has 5 aromatic rings. The number of carbonyl (C=O) groups excluding carboxylic acids is 1. The predicted molar refractivity (Wildman–Crippen MR) is 134 cm³/mol. The molecule has 0 spiro atoms. The Kier molecular flexibility index (Phi) is 5.95. The highest BCUT2D eigenvalue weighted by molar-refractivity contribution is 7.19. The molecule has 4 nitrogen and oxygen atoms in total. The molecule has 1 amide bonds. The van der Waals surface area contributed by atoms with Crippen molar-refractivity contribution in [2.75, 3.05) is 5.32 Å². The smallest absolute Gasteiger partial charge is 0.257 e. The number of benzene rings is 4. The molecule has 0 saturated heterocycles. The molecule has 5 rings (SSSR count). The number of nitrogens with zero attached hydrogens (tertiary/aromatic N) is 1. The van der Waals surface area contributed by atoms with Gasteiger partial charge in [-0.3, -0.25) is 10.1 Å². The van der Waals surface area contributed by atoms with E-state index in [9.17, 15) is 4.79 Å². The van der Waals surface area contributed by atoms with E-state index in [0.29, 0.717) is 16.4 Å². The van der Waals surface area contributed by atoms with Crippen LogP contribution < -0.4 is 10.1 Å². The molecular formula is C28H20N2O2S. The minimum atomic E-state index is -0.235. The molecule has 0 fully saturated rings. The van der Waals surface area contributed by atoms with E-state index in [1.54, 1.807) is 18.2 Å². The van der Waals surface area contributed by atoms with Gasteiger partial charge in [-0.2, -0.15) is 0 Å². The van der Waals surface area contributed by atoms with Crippen LogP contribution in [0, 0.1) is 0 Å². The summed E-state index contributed by atoms with van der Waals surface area (Å²) in [6, 6.07) is 36.7. The zero-order valence-electron chi connectivity index (χ0n) is 17.6. The van der Waals surface area contributed by atoms with Gasteiger partial charge in [-0.25, -0.2) is 4.98 Å². The number of thiazole rings is 1. The predicted octanol–water partition coefficient (Wildman–Crippen LogP) is 7.52. The summed E-state index contributed by atoms with van der Waals surface area (Å²) in [6.07, 6.45) is 0. The van der Waals surface area contributed by atoms with Crippen molar-refractivity contribution in [2.24, 2.45) is 0 Å². The number of ether oxygens (including phenoxy) is 1. The van der Waals surface area contributed by atoms with Gasteiger partial charge in [0.2, 0.25) is 0 Å². The van der Waals surface area contributed by atoms with Gasteiger partial charge in [-0.15, -0.1) is 0 Å². The highest BCUT2D eigenvalue weighted by Gasteiger charge is 2.17. The maximum absolute atomic E-state index is 13.0. The van der Waals surface area contributed by atoms with Crippen LogP contribution in [0.3, 0.4) is 0 Å². The maximum atomic E-state index is 13.0. The fourth-order valence-electron chi connectivity index (χ4n) is 3.45. The molecule has 5 heteroatoms. The first kappa shape index (κ1) is 20.7. The van der Waals surface area contributed by atoms with Crippen LogP contribution in [0.2, 0.25) is 0 Å². The summed E-state index contributed by atoms with van der Waals surface area (Å²) >= 11 is 1.46. The fraction of sp³-hybridized carbons (Fsp3) is 0. The molecule has 0 aliphatic carbocycles. The molecular weight excluding hydrogens is 428 g/mol. The zero-order chi connectivity index (χ0) is 22.5. The molecule has 1 N–H and O–H groups in total. The third-order valence-corrected chi connectivity index (χ3v) is 6.03. The third-order valence-electron chi connectivity index (χ3n) is 5.01. The van der Waals surface area contributed by atoms with Crippen LogP contribution in [-0.4, -0.2) is 10.9 Å². The average molecular weight is 449 g/mol. The Morgan fingerprint density at radius 1 is 0.697 bits per heavy atom. The lowest BCUT2D eigenvalue weighted by Gasteiger charge is -2.07. The molecule has 1 aromatic heterocycles. The second kappa shape index (κ2) is 9.51. The van der Waals surface area contributed by atoms with E-state index >= 15 is 0 Å². The standard InChI is InChI=1S/C28H20N2O2S/c31-27(22-15-10-18-24(19-22)32-23-16-8-3-9-17-23)30-28-29-25(20-11-4-1-5-12-20)26(33-28)21-13-6-2-7-14-21/h1-19H,(H,29,30,31). The number of carbonyl (C=O) groups is 1. The summed E-state index contributed by atoms with van der Waals surface area (Å²) in [6.45, 7) is 0. The molecule has 0 radical (unpaired) electrons. The van der Waals surface area contributed by atoms with E-state index in [1.165, 1.54) is 11.3 Å². The van der Waals surface area contributed by atoms with Crippen LogP contribution >= 0.6 is 11.3 Å². The number of hydrogen-bond acceptors (Lipinski definition) is 4. The topological polar surface area (TPSA) is 51.2 Å². The van der Waals surface area contributed by atoms with Gasteiger partial charge in [0, 0.05) is 11.1 Å². The van der Waals surface area contributed by atoms with E-state index in [1.807, 2.05) is 84.9 Å². The van der Waals surface area contributed by atoms with Gasteiger partial charge >= 0.3 is 0 Å². The summed E-state index contributed by atoms with van der Waals surface area (Å²) in [4.78, 5) is 18.8. The van der Waals surface area contributed by atoms with Crippen molar-refractivity contribution >= 4 is 22.4 Å². The zero-order valence-corrected chi connectivity index (χ0v) is 18.5. The summed E-state index contributed by atoms with van der Waals surface area (Å²) in [7, 11) is 0. The minimum Gasteiger partial charge on any atom is -0.457 e. The van der Waals surface area contributed by atoms with Crippen molar-refractivity contribution in [1.29, 1.82) is 0 Å². The molecule has 160 valence electrons. The van der Waals surface area contributed by atoms with Crippen molar-refractivity contribution in [1.82, 2.24) is 4.98 Å². The van der Waals surface area contributed by atoms with Gasteiger partial charge in [0.1, 0.15) is 11.5 Å². The summed E-state index contributed by atoms with van der Waals surface area (Å²) in [5, 5.41) is 3.51. The SMILES string of the molecule is O=C(Nc1nc(-c2ccccc2)c(-c2ccccc2)s1)c1cccc(Oc2ccccc2)c1. The van der Waals surface area contributed by atoms with Crippen LogP contribution in [0.25, 0.3) is 21.7 Å². The minimum absolute atomic E-state index is 0.235. The van der Waals surface area contributed by atoms with E-state index in [2.05, 4.69) is 17.4 Å². The molecule has 0 bridgehead atoms. The number of aromatic nitrogens is 1. The van der Waals surface area contributed by atoms with E-state index < -0.39 is 0 Å². The lowest BCUT2D eigenvalue weighted by molar-refractivity contribution is 0.102.